The quantitative estimate of drug-likeness (QED) is 0.609. The van der Waals surface area contributed by atoms with Crippen LogP contribution in [0.2, 0.25) is 0 Å². The van der Waals surface area contributed by atoms with E-state index in [-0.39, 0.29) is 22.6 Å². The number of hydrogen-bond acceptors (Lipinski definition) is 5. The van der Waals surface area contributed by atoms with Crippen LogP contribution in [0.25, 0.3) is 11.5 Å². The molecule has 1 amide bonds. The van der Waals surface area contributed by atoms with Crippen molar-refractivity contribution in [1.29, 1.82) is 0 Å². The number of halogens is 3. The third-order valence-electron chi connectivity index (χ3n) is 3.01. The minimum Gasteiger partial charge on any atom is -0.411 e. The number of nitrogens with one attached hydrogen (secondary N) is 1. The highest BCUT2D eigenvalue weighted by molar-refractivity contribution is 9.10. The number of nitrogens with zero attached hydrogens (tertiary/aromatic N) is 2. The molecule has 0 aliphatic carbocycles. The Bertz CT molecular complexity index is 920. The van der Waals surface area contributed by atoms with Gasteiger partial charge in [-0.2, -0.15) is 0 Å². The van der Waals surface area contributed by atoms with Crippen LogP contribution < -0.4 is 5.32 Å². The number of carbonyl (C=O) groups is 1. The lowest BCUT2D eigenvalue weighted by Gasteiger charge is -2.05. The van der Waals surface area contributed by atoms with E-state index in [0.29, 0.717) is 10.0 Å². The molecule has 1 heterocycles. The number of rotatable bonds is 5. The summed E-state index contributed by atoms with van der Waals surface area (Å²) in [6, 6.07) is 10.1. The van der Waals surface area contributed by atoms with Crippen molar-refractivity contribution >= 4 is 39.3 Å². The first kappa shape index (κ1) is 17.6. The Kier molecular flexibility index (Phi) is 5.44. The van der Waals surface area contributed by atoms with Gasteiger partial charge in [0.1, 0.15) is 11.6 Å². The Hall–Kier alpha value is -2.26. The molecule has 0 unspecified atom stereocenters. The van der Waals surface area contributed by atoms with Crippen LogP contribution >= 0.6 is 27.7 Å². The summed E-state index contributed by atoms with van der Waals surface area (Å²) < 4.78 is 32.8. The van der Waals surface area contributed by atoms with Crippen molar-refractivity contribution in [2.75, 3.05) is 11.1 Å². The normalized spacial score (nSPS) is 10.7. The summed E-state index contributed by atoms with van der Waals surface area (Å²) in [5, 5.41) is 10.2. The topological polar surface area (TPSA) is 68.0 Å². The number of aromatic nitrogens is 2. The minimum atomic E-state index is -0.543. The van der Waals surface area contributed by atoms with Crippen LogP contribution in [-0.2, 0) is 4.79 Å². The van der Waals surface area contributed by atoms with Gasteiger partial charge in [-0.15, -0.1) is 10.2 Å². The highest BCUT2D eigenvalue weighted by Gasteiger charge is 2.13. The summed E-state index contributed by atoms with van der Waals surface area (Å²) in [7, 11) is 0. The predicted octanol–water partition coefficient (Wildman–Crippen LogP) is 4.51. The molecule has 25 heavy (non-hydrogen) atoms. The fourth-order valence-electron chi connectivity index (χ4n) is 1.91. The van der Waals surface area contributed by atoms with E-state index in [1.165, 1.54) is 30.3 Å². The Labute approximate surface area is 154 Å². The minimum absolute atomic E-state index is 0.0414. The van der Waals surface area contributed by atoms with Crippen molar-refractivity contribution in [2.45, 2.75) is 5.22 Å². The Morgan fingerprint density at radius 3 is 2.80 bits per heavy atom. The lowest BCUT2D eigenvalue weighted by atomic mass is 10.2. The maximum absolute atomic E-state index is 13.7. The molecule has 128 valence electrons. The van der Waals surface area contributed by atoms with Gasteiger partial charge < -0.3 is 9.73 Å². The van der Waals surface area contributed by atoms with E-state index in [1.54, 1.807) is 12.1 Å². The standard InChI is InChI=1S/C16H10BrF2N3O2S/c17-10-4-5-13(12(19)7-10)20-14(23)8-25-16-22-21-15(24-16)9-2-1-3-11(18)6-9/h1-7H,8H2,(H,20,23). The summed E-state index contributed by atoms with van der Waals surface area (Å²) in [5.41, 5.74) is 0.528. The first-order valence-corrected chi connectivity index (χ1v) is 8.76. The number of carbonyl (C=O) groups excluding carboxylic acids is 1. The summed E-state index contributed by atoms with van der Waals surface area (Å²) in [4.78, 5) is 11.9. The molecule has 1 aromatic heterocycles. The molecule has 0 saturated carbocycles. The van der Waals surface area contributed by atoms with Gasteiger partial charge in [-0.3, -0.25) is 4.79 Å². The van der Waals surface area contributed by atoms with Gasteiger partial charge in [0, 0.05) is 10.0 Å². The molecule has 3 rings (SSSR count). The van der Waals surface area contributed by atoms with Crippen molar-refractivity contribution in [2.24, 2.45) is 0 Å². The number of hydrogen-bond donors (Lipinski definition) is 1. The van der Waals surface area contributed by atoms with Crippen molar-refractivity contribution in [3.8, 4) is 11.5 Å². The predicted molar refractivity (Wildman–Crippen MR) is 93.1 cm³/mol. The number of benzene rings is 2. The van der Waals surface area contributed by atoms with E-state index in [0.717, 1.165) is 11.8 Å². The molecule has 0 spiro atoms. The smallest absolute Gasteiger partial charge is 0.277 e. The fourth-order valence-corrected chi connectivity index (χ4v) is 2.81. The summed E-state index contributed by atoms with van der Waals surface area (Å²) >= 11 is 4.14. The zero-order valence-electron chi connectivity index (χ0n) is 12.5. The summed E-state index contributed by atoms with van der Waals surface area (Å²) in [5.74, 6) is -1.27. The lowest BCUT2D eigenvalue weighted by Crippen LogP contribution is -2.15. The highest BCUT2D eigenvalue weighted by atomic mass is 79.9. The van der Waals surface area contributed by atoms with Crippen LogP contribution in [0.3, 0.4) is 0 Å². The molecule has 0 fully saturated rings. The first-order chi connectivity index (χ1) is 12.0. The molecular formula is C16H10BrF2N3O2S. The number of thioether (sulfide) groups is 1. The van der Waals surface area contributed by atoms with Gasteiger partial charge in [0.25, 0.3) is 5.22 Å². The van der Waals surface area contributed by atoms with Crippen LogP contribution in [-0.4, -0.2) is 21.9 Å². The van der Waals surface area contributed by atoms with Gasteiger partial charge in [-0.1, -0.05) is 33.8 Å². The van der Waals surface area contributed by atoms with Crippen LogP contribution in [0.5, 0.6) is 0 Å². The van der Waals surface area contributed by atoms with Gasteiger partial charge in [0.2, 0.25) is 11.8 Å². The van der Waals surface area contributed by atoms with E-state index < -0.39 is 17.5 Å². The molecule has 3 aromatic rings. The molecule has 0 aliphatic rings. The number of amides is 1. The monoisotopic (exact) mass is 425 g/mol. The molecule has 9 heteroatoms. The first-order valence-electron chi connectivity index (χ1n) is 6.98. The van der Waals surface area contributed by atoms with Gasteiger partial charge in [0.15, 0.2) is 0 Å². The molecule has 2 aromatic carbocycles. The van der Waals surface area contributed by atoms with Crippen molar-refractivity contribution in [3.05, 3.63) is 58.6 Å². The van der Waals surface area contributed by atoms with Crippen molar-refractivity contribution < 1.29 is 18.0 Å². The lowest BCUT2D eigenvalue weighted by molar-refractivity contribution is -0.113. The summed E-state index contributed by atoms with van der Waals surface area (Å²) in [6.07, 6.45) is 0. The van der Waals surface area contributed by atoms with Crippen molar-refractivity contribution in [1.82, 2.24) is 10.2 Å². The van der Waals surface area contributed by atoms with E-state index in [9.17, 15) is 13.6 Å². The molecule has 5 nitrogen and oxygen atoms in total. The second kappa shape index (κ2) is 7.75. The van der Waals surface area contributed by atoms with Crippen molar-refractivity contribution in [3.63, 3.8) is 0 Å². The second-order valence-electron chi connectivity index (χ2n) is 4.84. The van der Waals surface area contributed by atoms with E-state index in [1.807, 2.05) is 0 Å². The molecule has 0 bridgehead atoms. The van der Waals surface area contributed by atoms with E-state index >= 15 is 0 Å². The van der Waals surface area contributed by atoms with Crippen LogP contribution in [0.15, 0.2) is 56.6 Å². The molecule has 1 N–H and O–H groups in total. The van der Waals surface area contributed by atoms with Gasteiger partial charge in [-0.05, 0) is 36.4 Å². The molecular weight excluding hydrogens is 416 g/mol. The Balaban J connectivity index is 1.59. The molecule has 0 saturated heterocycles. The Morgan fingerprint density at radius 1 is 1.20 bits per heavy atom. The third-order valence-corrected chi connectivity index (χ3v) is 4.32. The van der Waals surface area contributed by atoms with Crippen LogP contribution in [0, 0.1) is 11.6 Å². The molecule has 0 radical (unpaired) electrons. The third kappa shape index (κ3) is 4.64. The van der Waals surface area contributed by atoms with E-state index in [2.05, 4.69) is 31.4 Å². The largest absolute Gasteiger partial charge is 0.411 e. The van der Waals surface area contributed by atoms with Crippen LogP contribution in [0.1, 0.15) is 0 Å². The van der Waals surface area contributed by atoms with Crippen LogP contribution in [0.4, 0.5) is 14.5 Å². The van der Waals surface area contributed by atoms with E-state index in [4.69, 9.17) is 4.42 Å². The fraction of sp³-hybridized carbons (Fsp3) is 0.0625. The Morgan fingerprint density at radius 2 is 2.04 bits per heavy atom. The second-order valence-corrected chi connectivity index (χ2v) is 6.69. The SMILES string of the molecule is O=C(CSc1nnc(-c2cccc(F)c2)o1)Nc1ccc(Br)cc1F. The van der Waals surface area contributed by atoms with Gasteiger partial charge in [0.05, 0.1) is 11.4 Å². The summed E-state index contributed by atoms with van der Waals surface area (Å²) in [6.45, 7) is 0. The average molecular weight is 426 g/mol. The van der Waals surface area contributed by atoms with Gasteiger partial charge >= 0.3 is 0 Å². The maximum Gasteiger partial charge on any atom is 0.277 e. The highest BCUT2D eigenvalue weighted by Crippen LogP contribution is 2.24. The average Bonchev–Trinajstić information content (AvgIpc) is 3.05. The molecule has 0 atom stereocenters. The number of anilines is 1. The zero-order chi connectivity index (χ0) is 17.8. The maximum atomic E-state index is 13.7. The zero-order valence-corrected chi connectivity index (χ0v) is 14.9. The molecule has 0 aliphatic heterocycles. The van der Waals surface area contributed by atoms with Gasteiger partial charge in [-0.25, -0.2) is 8.78 Å².